The van der Waals surface area contributed by atoms with Gasteiger partial charge < -0.3 is 5.11 Å². The number of likely N-dealkylation sites (tertiary alicyclic amines) is 1. The Labute approximate surface area is 104 Å². The van der Waals surface area contributed by atoms with Crippen LogP contribution in [0.25, 0.3) is 0 Å². The maximum Gasteiger partial charge on any atom is 0.324 e. The van der Waals surface area contributed by atoms with Crippen LogP contribution in [0.1, 0.15) is 58.3 Å². The Kier molecular flexibility index (Phi) is 4.08. The summed E-state index contributed by atoms with van der Waals surface area (Å²) >= 11 is 0. The molecule has 3 heteroatoms. The van der Waals surface area contributed by atoms with Gasteiger partial charge in [-0.25, -0.2) is 0 Å². The summed E-state index contributed by atoms with van der Waals surface area (Å²) in [5.41, 5.74) is -0.553. The number of carbonyl (C=O) groups is 1. The second kappa shape index (κ2) is 5.38. The van der Waals surface area contributed by atoms with Gasteiger partial charge in [-0.3, -0.25) is 9.69 Å². The second-order valence-corrected chi connectivity index (χ2v) is 5.78. The van der Waals surface area contributed by atoms with Crippen LogP contribution in [0.5, 0.6) is 0 Å². The summed E-state index contributed by atoms with van der Waals surface area (Å²) in [6.45, 7) is 4.10. The molecule has 1 aliphatic carbocycles. The largest absolute Gasteiger partial charge is 0.480 e. The van der Waals surface area contributed by atoms with E-state index < -0.39 is 11.5 Å². The van der Waals surface area contributed by atoms with E-state index in [1.54, 1.807) is 0 Å². The first-order valence-corrected chi connectivity index (χ1v) is 7.16. The molecule has 0 spiro atoms. The standard InChI is InChI=1S/C14H25NO2/c1-12-8-4-5-9-14(12,13(16)17)15-10-6-2-3-7-11-15/h12H,2-11H2,1H3,(H,16,17). The molecule has 3 nitrogen and oxygen atoms in total. The molecule has 0 amide bonds. The van der Waals surface area contributed by atoms with Crippen molar-refractivity contribution < 1.29 is 9.90 Å². The van der Waals surface area contributed by atoms with Gasteiger partial charge in [0.15, 0.2) is 0 Å². The van der Waals surface area contributed by atoms with Crippen LogP contribution in [0.3, 0.4) is 0 Å². The summed E-state index contributed by atoms with van der Waals surface area (Å²) in [4.78, 5) is 14.2. The van der Waals surface area contributed by atoms with Crippen LogP contribution in [0.4, 0.5) is 0 Å². The molecular formula is C14H25NO2. The molecular weight excluding hydrogens is 214 g/mol. The summed E-state index contributed by atoms with van der Waals surface area (Å²) in [6.07, 6.45) is 9.06. The van der Waals surface area contributed by atoms with Crippen molar-refractivity contribution in [2.45, 2.75) is 63.8 Å². The average Bonchev–Trinajstić information content (AvgIpc) is 2.58. The number of nitrogens with zero attached hydrogens (tertiary/aromatic N) is 1. The lowest BCUT2D eigenvalue weighted by molar-refractivity contribution is -0.158. The highest BCUT2D eigenvalue weighted by Gasteiger charge is 2.49. The second-order valence-electron chi connectivity index (χ2n) is 5.78. The Bertz CT molecular complexity index is 271. The molecule has 2 unspecified atom stereocenters. The number of hydrogen-bond acceptors (Lipinski definition) is 2. The smallest absolute Gasteiger partial charge is 0.324 e. The maximum atomic E-state index is 11.9. The first-order valence-electron chi connectivity index (χ1n) is 7.16. The summed E-state index contributed by atoms with van der Waals surface area (Å²) in [6, 6.07) is 0. The van der Waals surface area contributed by atoms with Crippen LogP contribution in [0, 0.1) is 5.92 Å². The molecule has 0 aromatic rings. The highest BCUT2D eigenvalue weighted by molar-refractivity contribution is 5.79. The van der Waals surface area contributed by atoms with Gasteiger partial charge in [-0.1, -0.05) is 32.6 Å². The lowest BCUT2D eigenvalue weighted by Crippen LogP contribution is -2.60. The van der Waals surface area contributed by atoms with Crippen molar-refractivity contribution >= 4 is 5.97 Å². The molecule has 2 fully saturated rings. The van der Waals surface area contributed by atoms with Gasteiger partial charge in [-0.2, -0.15) is 0 Å². The van der Waals surface area contributed by atoms with Gasteiger partial charge in [0.25, 0.3) is 0 Å². The molecule has 1 saturated carbocycles. The first kappa shape index (κ1) is 12.9. The van der Waals surface area contributed by atoms with E-state index in [0.717, 1.165) is 32.4 Å². The fourth-order valence-electron chi connectivity index (χ4n) is 3.72. The third-order valence-electron chi connectivity index (χ3n) is 4.80. The Morgan fingerprint density at radius 1 is 1.12 bits per heavy atom. The van der Waals surface area contributed by atoms with Crippen molar-refractivity contribution in [2.24, 2.45) is 5.92 Å². The highest BCUT2D eigenvalue weighted by Crippen LogP contribution is 2.39. The summed E-state index contributed by atoms with van der Waals surface area (Å²) < 4.78 is 0. The minimum Gasteiger partial charge on any atom is -0.480 e. The third kappa shape index (κ3) is 2.35. The predicted molar refractivity (Wildman–Crippen MR) is 68.0 cm³/mol. The van der Waals surface area contributed by atoms with Crippen molar-refractivity contribution in [2.75, 3.05) is 13.1 Å². The molecule has 1 aliphatic heterocycles. The van der Waals surface area contributed by atoms with E-state index in [4.69, 9.17) is 0 Å². The zero-order chi connectivity index (χ0) is 12.3. The van der Waals surface area contributed by atoms with Gasteiger partial charge in [0.2, 0.25) is 0 Å². The quantitative estimate of drug-likeness (QED) is 0.805. The minimum absolute atomic E-state index is 0.298. The number of aliphatic carboxylic acids is 1. The average molecular weight is 239 g/mol. The molecule has 1 saturated heterocycles. The predicted octanol–water partition coefficient (Wildman–Crippen LogP) is 2.90. The zero-order valence-corrected chi connectivity index (χ0v) is 11.0. The molecule has 1 heterocycles. The van der Waals surface area contributed by atoms with Crippen molar-refractivity contribution in [3.8, 4) is 0 Å². The molecule has 98 valence electrons. The lowest BCUT2D eigenvalue weighted by Gasteiger charge is -2.47. The Hall–Kier alpha value is -0.570. The number of carboxylic acids is 1. The molecule has 0 bridgehead atoms. The monoisotopic (exact) mass is 239 g/mol. The Balaban J connectivity index is 2.22. The molecule has 17 heavy (non-hydrogen) atoms. The third-order valence-corrected chi connectivity index (χ3v) is 4.80. The topological polar surface area (TPSA) is 40.5 Å². The molecule has 0 aromatic carbocycles. The van der Waals surface area contributed by atoms with E-state index in [0.29, 0.717) is 5.92 Å². The van der Waals surface area contributed by atoms with E-state index in [1.165, 1.54) is 32.1 Å². The van der Waals surface area contributed by atoms with Crippen LogP contribution in [0.2, 0.25) is 0 Å². The molecule has 1 N–H and O–H groups in total. The molecule has 0 radical (unpaired) electrons. The summed E-state index contributed by atoms with van der Waals surface area (Å²) in [5, 5.41) is 9.76. The van der Waals surface area contributed by atoms with Crippen LogP contribution in [0.15, 0.2) is 0 Å². The molecule has 2 atom stereocenters. The van der Waals surface area contributed by atoms with Gasteiger partial charge in [0.05, 0.1) is 0 Å². The van der Waals surface area contributed by atoms with Crippen molar-refractivity contribution in [1.82, 2.24) is 4.90 Å². The molecule has 2 aliphatic rings. The minimum atomic E-state index is -0.577. The van der Waals surface area contributed by atoms with Gasteiger partial charge in [0.1, 0.15) is 5.54 Å². The first-order chi connectivity index (χ1) is 8.18. The van der Waals surface area contributed by atoms with Gasteiger partial charge >= 0.3 is 5.97 Å². The van der Waals surface area contributed by atoms with E-state index >= 15 is 0 Å². The lowest BCUT2D eigenvalue weighted by atomic mass is 9.72. The maximum absolute atomic E-state index is 11.9. The molecule has 2 rings (SSSR count). The Morgan fingerprint density at radius 3 is 2.29 bits per heavy atom. The summed E-state index contributed by atoms with van der Waals surface area (Å²) in [5.74, 6) is -0.279. The van der Waals surface area contributed by atoms with Crippen molar-refractivity contribution in [3.63, 3.8) is 0 Å². The number of hydrogen-bond donors (Lipinski definition) is 1. The van der Waals surface area contributed by atoms with E-state index in [9.17, 15) is 9.90 Å². The fraction of sp³-hybridized carbons (Fsp3) is 0.929. The zero-order valence-electron chi connectivity index (χ0n) is 11.0. The van der Waals surface area contributed by atoms with Gasteiger partial charge in [0, 0.05) is 0 Å². The van der Waals surface area contributed by atoms with E-state index in [2.05, 4.69) is 11.8 Å². The van der Waals surface area contributed by atoms with Crippen LogP contribution in [-0.4, -0.2) is 34.6 Å². The van der Waals surface area contributed by atoms with E-state index in [1.807, 2.05) is 0 Å². The SMILES string of the molecule is CC1CCCCC1(C(=O)O)N1CCCCCC1. The van der Waals surface area contributed by atoms with Gasteiger partial charge in [-0.15, -0.1) is 0 Å². The molecule has 0 aromatic heterocycles. The number of rotatable bonds is 2. The normalized spacial score (nSPS) is 36.4. The van der Waals surface area contributed by atoms with Crippen LogP contribution >= 0.6 is 0 Å². The van der Waals surface area contributed by atoms with Crippen LogP contribution < -0.4 is 0 Å². The van der Waals surface area contributed by atoms with Gasteiger partial charge in [-0.05, 0) is 44.7 Å². The van der Waals surface area contributed by atoms with Crippen LogP contribution in [-0.2, 0) is 4.79 Å². The van der Waals surface area contributed by atoms with E-state index in [-0.39, 0.29) is 0 Å². The highest BCUT2D eigenvalue weighted by atomic mass is 16.4. The van der Waals surface area contributed by atoms with Crippen molar-refractivity contribution in [1.29, 1.82) is 0 Å². The number of carboxylic acid groups (broad SMARTS) is 1. The Morgan fingerprint density at radius 2 is 1.76 bits per heavy atom. The summed E-state index contributed by atoms with van der Waals surface area (Å²) in [7, 11) is 0. The van der Waals surface area contributed by atoms with Crippen molar-refractivity contribution in [3.05, 3.63) is 0 Å². The fourth-order valence-corrected chi connectivity index (χ4v) is 3.72.